The fourth-order valence-electron chi connectivity index (χ4n) is 1.85. The third kappa shape index (κ3) is 4.21. The number of aromatic nitrogens is 1. The molecule has 1 unspecified atom stereocenters. The molecule has 0 aliphatic rings. The van der Waals surface area contributed by atoms with Gasteiger partial charge in [-0.25, -0.2) is 4.98 Å². The van der Waals surface area contributed by atoms with E-state index in [1.165, 1.54) is 4.88 Å². The molecule has 0 bridgehead atoms. The summed E-state index contributed by atoms with van der Waals surface area (Å²) < 4.78 is 10.4. The van der Waals surface area contributed by atoms with Crippen molar-refractivity contribution in [1.29, 1.82) is 0 Å². The first-order valence-corrected chi connectivity index (χ1v) is 7.59. The number of methoxy groups -OCH3 is 1. The molecular weight excluding hydrogens is 272 g/mol. The van der Waals surface area contributed by atoms with Crippen LogP contribution >= 0.6 is 11.3 Å². The number of nitrogens with zero attached hydrogens (tertiary/aromatic N) is 1. The van der Waals surface area contributed by atoms with Crippen molar-refractivity contribution in [2.45, 2.75) is 19.4 Å². The average molecular weight is 292 g/mol. The summed E-state index contributed by atoms with van der Waals surface area (Å²) in [4.78, 5) is 5.62. The maximum atomic E-state index is 5.44. The Morgan fingerprint density at radius 2 is 2.20 bits per heavy atom. The van der Waals surface area contributed by atoms with Crippen molar-refractivity contribution in [2.75, 3.05) is 25.6 Å². The highest BCUT2D eigenvalue weighted by atomic mass is 32.1. The van der Waals surface area contributed by atoms with Crippen molar-refractivity contribution in [2.24, 2.45) is 0 Å². The lowest BCUT2D eigenvalue weighted by Gasteiger charge is -2.16. The van der Waals surface area contributed by atoms with E-state index in [0.29, 0.717) is 25.1 Å². The smallest absolute Gasteiger partial charge is 0.213 e. The zero-order valence-corrected chi connectivity index (χ0v) is 12.7. The number of nitrogens with one attached hydrogen (secondary N) is 1. The average Bonchev–Trinajstić information content (AvgIpc) is 3.00. The summed E-state index contributed by atoms with van der Waals surface area (Å²) in [6.07, 6.45) is 2.84. The van der Waals surface area contributed by atoms with Gasteiger partial charge in [-0.2, -0.15) is 0 Å². The monoisotopic (exact) mass is 292 g/mol. The molecule has 0 saturated carbocycles. The SMILES string of the molecule is CCC(Nc1ccc(OCCOC)nc1)c1cccs1. The van der Waals surface area contributed by atoms with Gasteiger partial charge in [0.15, 0.2) is 0 Å². The van der Waals surface area contributed by atoms with Crippen molar-refractivity contribution in [3.05, 3.63) is 40.7 Å². The van der Waals surface area contributed by atoms with Crippen molar-refractivity contribution < 1.29 is 9.47 Å². The minimum atomic E-state index is 0.331. The van der Waals surface area contributed by atoms with Gasteiger partial charge in [-0.05, 0) is 23.9 Å². The van der Waals surface area contributed by atoms with Gasteiger partial charge in [-0.3, -0.25) is 0 Å². The molecule has 0 amide bonds. The Hall–Kier alpha value is -1.59. The second kappa shape index (κ2) is 7.87. The van der Waals surface area contributed by atoms with Crippen LogP contribution in [0.3, 0.4) is 0 Å². The quantitative estimate of drug-likeness (QED) is 0.753. The van der Waals surface area contributed by atoms with Crippen molar-refractivity contribution in [1.82, 2.24) is 4.98 Å². The van der Waals surface area contributed by atoms with Crippen molar-refractivity contribution in [3.63, 3.8) is 0 Å². The molecule has 2 aromatic heterocycles. The molecule has 1 N–H and O–H groups in total. The summed E-state index contributed by atoms with van der Waals surface area (Å²) >= 11 is 1.77. The van der Waals surface area contributed by atoms with Gasteiger partial charge in [-0.1, -0.05) is 13.0 Å². The number of pyridine rings is 1. The van der Waals surface area contributed by atoms with E-state index in [9.17, 15) is 0 Å². The van der Waals surface area contributed by atoms with E-state index < -0.39 is 0 Å². The van der Waals surface area contributed by atoms with Gasteiger partial charge in [0, 0.05) is 18.1 Å². The maximum absolute atomic E-state index is 5.44. The summed E-state index contributed by atoms with van der Waals surface area (Å²) in [5.74, 6) is 0.622. The minimum Gasteiger partial charge on any atom is -0.475 e. The van der Waals surface area contributed by atoms with Gasteiger partial charge in [0.25, 0.3) is 0 Å². The highest BCUT2D eigenvalue weighted by Gasteiger charge is 2.10. The van der Waals surface area contributed by atoms with E-state index in [-0.39, 0.29) is 0 Å². The maximum Gasteiger partial charge on any atom is 0.213 e. The molecule has 4 nitrogen and oxygen atoms in total. The summed E-state index contributed by atoms with van der Waals surface area (Å²) in [7, 11) is 1.65. The standard InChI is InChI=1S/C15H20N2O2S/c1-3-13(14-5-4-10-20-14)17-12-6-7-15(16-11-12)19-9-8-18-2/h4-7,10-11,13,17H,3,8-9H2,1-2H3. The molecule has 0 saturated heterocycles. The molecule has 0 spiro atoms. The lowest BCUT2D eigenvalue weighted by Crippen LogP contribution is -2.09. The lowest BCUT2D eigenvalue weighted by molar-refractivity contribution is 0.144. The molecule has 2 rings (SSSR count). The number of rotatable bonds is 8. The molecule has 0 radical (unpaired) electrons. The van der Waals surface area contributed by atoms with Crippen LogP contribution in [0.25, 0.3) is 0 Å². The van der Waals surface area contributed by atoms with Crippen LogP contribution < -0.4 is 10.1 Å². The molecule has 2 aromatic rings. The van der Waals surface area contributed by atoms with Crippen LogP contribution in [0.5, 0.6) is 5.88 Å². The normalized spacial score (nSPS) is 12.1. The minimum absolute atomic E-state index is 0.331. The molecule has 0 aromatic carbocycles. The van der Waals surface area contributed by atoms with Crippen molar-refractivity contribution >= 4 is 17.0 Å². The van der Waals surface area contributed by atoms with Crippen LogP contribution in [-0.2, 0) is 4.74 Å². The molecule has 108 valence electrons. The van der Waals surface area contributed by atoms with E-state index >= 15 is 0 Å². The third-order valence-electron chi connectivity index (χ3n) is 2.91. The largest absolute Gasteiger partial charge is 0.475 e. The van der Waals surface area contributed by atoms with Gasteiger partial charge < -0.3 is 14.8 Å². The molecule has 20 heavy (non-hydrogen) atoms. The lowest BCUT2D eigenvalue weighted by atomic mass is 10.2. The Balaban J connectivity index is 1.92. The Morgan fingerprint density at radius 3 is 2.80 bits per heavy atom. The number of ether oxygens (including phenoxy) is 2. The van der Waals surface area contributed by atoms with Crippen LogP contribution in [0.4, 0.5) is 5.69 Å². The zero-order chi connectivity index (χ0) is 14.2. The molecule has 0 aliphatic carbocycles. The third-order valence-corrected chi connectivity index (χ3v) is 3.90. The molecule has 1 atom stereocenters. The molecule has 0 fully saturated rings. The predicted molar refractivity (Wildman–Crippen MR) is 82.6 cm³/mol. The predicted octanol–water partition coefficient (Wildman–Crippen LogP) is 3.73. The summed E-state index contributed by atoms with van der Waals surface area (Å²) in [6, 6.07) is 8.43. The van der Waals surface area contributed by atoms with Crippen LogP contribution in [-0.4, -0.2) is 25.3 Å². The van der Waals surface area contributed by atoms with E-state index in [0.717, 1.165) is 12.1 Å². The Kier molecular flexibility index (Phi) is 5.83. The highest BCUT2D eigenvalue weighted by Crippen LogP contribution is 2.26. The Labute approximate surface area is 123 Å². The molecular formula is C15H20N2O2S. The van der Waals surface area contributed by atoms with Crippen molar-refractivity contribution in [3.8, 4) is 5.88 Å². The second-order valence-corrected chi connectivity index (χ2v) is 5.33. The van der Waals surface area contributed by atoms with E-state index in [2.05, 4.69) is 34.7 Å². The number of anilines is 1. The second-order valence-electron chi connectivity index (χ2n) is 4.35. The summed E-state index contributed by atoms with van der Waals surface area (Å²) in [5.41, 5.74) is 1.00. The van der Waals surface area contributed by atoms with Gasteiger partial charge in [0.1, 0.15) is 6.61 Å². The van der Waals surface area contributed by atoms with E-state index in [1.807, 2.05) is 12.1 Å². The molecule has 2 heterocycles. The highest BCUT2D eigenvalue weighted by molar-refractivity contribution is 7.10. The van der Waals surface area contributed by atoms with Gasteiger partial charge in [-0.15, -0.1) is 11.3 Å². The summed E-state index contributed by atoms with van der Waals surface area (Å²) in [6.45, 7) is 3.26. The zero-order valence-electron chi connectivity index (χ0n) is 11.8. The first-order chi connectivity index (χ1) is 9.83. The number of hydrogen-bond acceptors (Lipinski definition) is 5. The van der Waals surface area contributed by atoms with Crippen LogP contribution in [0.15, 0.2) is 35.8 Å². The van der Waals surface area contributed by atoms with Crippen LogP contribution in [0.2, 0.25) is 0 Å². The first-order valence-electron chi connectivity index (χ1n) is 6.71. The number of thiophene rings is 1. The van der Waals surface area contributed by atoms with Gasteiger partial charge >= 0.3 is 0 Å². The Bertz CT molecular complexity index is 485. The fraction of sp³-hybridized carbons (Fsp3) is 0.400. The van der Waals surface area contributed by atoms with Gasteiger partial charge in [0.2, 0.25) is 5.88 Å². The fourth-order valence-corrected chi connectivity index (χ4v) is 2.71. The van der Waals surface area contributed by atoms with E-state index in [1.54, 1.807) is 24.6 Å². The molecule has 5 heteroatoms. The topological polar surface area (TPSA) is 43.4 Å². The van der Waals surface area contributed by atoms with Crippen LogP contribution in [0, 0.1) is 0 Å². The first kappa shape index (κ1) is 14.8. The number of hydrogen-bond donors (Lipinski definition) is 1. The Morgan fingerprint density at radius 1 is 1.30 bits per heavy atom. The molecule has 0 aliphatic heterocycles. The van der Waals surface area contributed by atoms with Gasteiger partial charge in [0.05, 0.1) is 24.5 Å². The van der Waals surface area contributed by atoms with E-state index in [4.69, 9.17) is 9.47 Å². The van der Waals surface area contributed by atoms with Crippen LogP contribution in [0.1, 0.15) is 24.3 Å². The summed E-state index contributed by atoms with van der Waals surface area (Å²) in [5, 5.41) is 5.60.